The molecular formula is C15H30N2. The van der Waals surface area contributed by atoms with E-state index in [4.69, 9.17) is 0 Å². The van der Waals surface area contributed by atoms with Crippen molar-refractivity contribution >= 4 is 0 Å². The average Bonchev–Trinajstić information content (AvgIpc) is 2.85. The highest BCUT2D eigenvalue weighted by molar-refractivity contribution is 4.87. The van der Waals surface area contributed by atoms with Gasteiger partial charge in [0.15, 0.2) is 0 Å². The maximum absolute atomic E-state index is 3.77. The summed E-state index contributed by atoms with van der Waals surface area (Å²) in [5, 5.41) is 3.77. The van der Waals surface area contributed by atoms with E-state index in [0.29, 0.717) is 11.5 Å². The standard InChI is InChI=1S/C15H30N2/c1-13(12-17-9-4-5-10-17)16-11-14-7-6-8-15(14,2)3/h13-14,16H,4-12H2,1-3H3. The van der Waals surface area contributed by atoms with E-state index >= 15 is 0 Å². The number of rotatable bonds is 5. The summed E-state index contributed by atoms with van der Waals surface area (Å²) < 4.78 is 0. The lowest BCUT2D eigenvalue weighted by Crippen LogP contribution is -2.41. The smallest absolute Gasteiger partial charge is 0.0166 e. The van der Waals surface area contributed by atoms with Gasteiger partial charge in [0.05, 0.1) is 0 Å². The lowest BCUT2D eigenvalue weighted by Gasteiger charge is -2.29. The Balaban J connectivity index is 1.67. The molecule has 1 N–H and O–H groups in total. The fourth-order valence-electron chi connectivity index (χ4n) is 3.54. The van der Waals surface area contributed by atoms with E-state index in [-0.39, 0.29) is 0 Å². The predicted octanol–water partition coefficient (Wildman–Crippen LogP) is 2.89. The second-order valence-electron chi connectivity index (χ2n) is 6.89. The second-order valence-corrected chi connectivity index (χ2v) is 6.89. The van der Waals surface area contributed by atoms with Crippen molar-refractivity contribution in [2.45, 2.75) is 58.9 Å². The Morgan fingerprint density at radius 3 is 2.53 bits per heavy atom. The maximum Gasteiger partial charge on any atom is 0.0166 e. The molecule has 1 aliphatic carbocycles. The fraction of sp³-hybridized carbons (Fsp3) is 1.00. The van der Waals surface area contributed by atoms with Gasteiger partial charge in [-0.25, -0.2) is 0 Å². The molecule has 0 bridgehead atoms. The normalized spacial score (nSPS) is 30.9. The third-order valence-electron chi connectivity index (χ3n) is 4.92. The average molecular weight is 238 g/mol. The summed E-state index contributed by atoms with van der Waals surface area (Å²) in [5.41, 5.74) is 0.570. The van der Waals surface area contributed by atoms with Gasteiger partial charge in [-0.05, 0) is 63.6 Å². The Labute approximate surface area is 107 Å². The van der Waals surface area contributed by atoms with E-state index in [2.05, 4.69) is 31.0 Å². The Morgan fingerprint density at radius 2 is 1.94 bits per heavy atom. The highest BCUT2D eigenvalue weighted by Crippen LogP contribution is 2.42. The van der Waals surface area contributed by atoms with Crippen molar-refractivity contribution in [2.24, 2.45) is 11.3 Å². The molecule has 17 heavy (non-hydrogen) atoms. The summed E-state index contributed by atoms with van der Waals surface area (Å²) in [6.45, 7) is 12.3. The molecule has 2 nitrogen and oxygen atoms in total. The van der Waals surface area contributed by atoms with Crippen LogP contribution in [-0.2, 0) is 0 Å². The summed E-state index contributed by atoms with van der Waals surface area (Å²) in [4.78, 5) is 2.61. The van der Waals surface area contributed by atoms with E-state index in [1.54, 1.807) is 0 Å². The quantitative estimate of drug-likeness (QED) is 0.792. The molecule has 0 spiro atoms. The van der Waals surface area contributed by atoms with Crippen LogP contribution in [0.1, 0.15) is 52.9 Å². The minimum absolute atomic E-state index is 0.570. The Hall–Kier alpha value is -0.0800. The van der Waals surface area contributed by atoms with Gasteiger partial charge >= 0.3 is 0 Å². The zero-order valence-electron chi connectivity index (χ0n) is 12.0. The van der Waals surface area contributed by atoms with Gasteiger partial charge in [-0.3, -0.25) is 0 Å². The van der Waals surface area contributed by atoms with E-state index in [1.165, 1.54) is 58.3 Å². The van der Waals surface area contributed by atoms with Crippen LogP contribution >= 0.6 is 0 Å². The van der Waals surface area contributed by atoms with Crippen molar-refractivity contribution in [1.82, 2.24) is 10.2 Å². The van der Waals surface area contributed by atoms with Gasteiger partial charge < -0.3 is 10.2 Å². The van der Waals surface area contributed by atoms with Crippen LogP contribution in [0.5, 0.6) is 0 Å². The number of nitrogens with zero attached hydrogens (tertiary/aromatic N) is 1. The van der Waals surface area contributed by atoms with Crippen molar-refractivity contribution < 1.29 is 0 Å². The van der Waals surface area contributed by atoms with E-state index in [9.17, 15) is 0 Å². The molecule has 2 rings (SSSR count). The second kappa shape index (κ2) is 5.71. The minimum Gasteiger partial charge on any atom is -0.313 e. The van der Waals surface area contributed by atoms with Crippen LogP contribution in [0.4, 0.5) is 0 Å². The first-order valence-electron chi connectivity index (χ1n) is 7.54. The van der Waals surface area contributed by atoms with Crippen LogP contribution in [0, 0.1) is 11.3 Å². The van der Waals surface area contributed by atoms with Gasteiger partial charge in [0.25, 0.3) is 0 Å². The monoisotopic (exact) mass is 238 g/mol. The van der Waals surface area contributed by atoms with Crippen LogP contribution in [0.3, 0.4) is 0 Å². The first kappa shape index (κ1) is 13.4. The molecule has 2 aliphatic rings. The highest BCUT2D eigenvalue weighted by Gasteiger charge is 2.34. The summed E-state index contributed by atoms with van der Waals surface area (Å²) in [5.74, 6) is 0.892. The van der Waals surface area contributed by atoms with Crippen molar-refractivity contribution in [3.8, 4) is 0 Å². The molecule has 2 fully saturated rings. The Kier molecular flexibility index (Phi) is 4.48. The molecule has 0 amide bonds. The third kappa shape index (κ3) is 3.69. The molecule has 1 saturated heterocycles. The van der Waals surface area contributed by atoms with E-state index in [0.717, 1.165) is 5.92 Å². The van der Waals surface area contributed by atoms with E-state index in [1.807, 2.05) is 0 Å². The predicted molar refractivity (Wildman–Crippen MR) is 74.3 cm³/mol. The minimum atomic E-state index is 0.570. The van der Waals surface area contributed by atoms with Gasteiger partial charge in [0, 0.05) is 12.6 Å². The van der Waals surface area contributed by atoms with Crippen LogP contribution in [0.25, 0.3) is 0 Å². The number of likely N-dealkylation sites (tertiary alicyclic amines) is 1. The zero-order chi connectivity index (χ0) is 12.3. The number of hydrogen-bond acceptors (Lipinski definition) is 2. The Bertz CT molecular complexity index is 231. The first-order chi connectivity index (χ1) is 8.08. The van der Waals surface area contributed by atoms with Crippen LogP contribution in [0.15, 0.2) is 0 Å². The SMILES string of the molecule is CC(CN1CCCC1)NCC1CCCC1(C)C. The fourth-order valence-corrected chi connectivity index (χ4v) is 3.54. The zero-order valence-corrected chi connectivity index (χ0v) is 12.0. The summed E-state index contributed by atoms with van der Waals surface area (Å²) in [7, 11) is 0. The maximum atomic E-state index is 3.77. The van der Waals surface area contributed by atoms with Gasteiger partial charge in [-0.15, -0.1) is 0 Å². The molecule has 0 aromatic rings. The van der Waals surface area contributed by atoms with Gasteiger partial charge in [-0.1, -0.05) is 20.3 Å². The number of hydrogen-bond donors (Lipinski definition) is 1. The molecule has 1 aliphatic heterocycles. The van der Waals surface area contributed by atoms with Crippen molar-refractivity contribution in [2.75, 3.05) is 26.2 Å². The lowest BCUT2D eigenvalue weighted by molar-refractivity contribution is 0.232. The summed E-state index contributed by atoms with van der Waals surface area (Å²) >= 11 is 0. The van der Waals surface area contributed by atoms with Crippen molar-refractivity contribution in [3.05, 3.63) is 0 Å². The molecule has 1 saturated carbocycles. The Morgan fingerprint density at radius 1 is 1.24 bits per heavy atom. The molecule has 2 unspecified atom stereocenters. The van der Waals surface area contributed by atoms with Crippen molar-refractivity contribution in [3.63, 3.8) is 0 Å². The summed E-state index contributed by atoms with van der Waals surface area (Å²) in [6, 6.07) is 0.657. The molecule has 1 heterocycles. The highest BCUT2D eigenvalue weighted by atomic mass is 15.2. The van der Waals surface area contributed by atoms with Gasteiger partial charge in [0.2, 0.25) is 0 Å². The molecule has 0 aromatic carbocycles. The van der Waals surface area contributed by atoms with Crippen LogP contribution in [0.2, 0.25) is 0 Å². The first-order valence-corrected chi connectivity index (χ1v) is 7.54. The topological polar surface area (TPSA) is 15.3 Å². The molecule has 2 atom stereocenters. The summed E-state index contributed by atoms with van der Waals surface area (Å²) in [6.07, 6.45) is 7.08. The van der Waals surface area contributed by atoms with Crippen molar-refractivity contribution in [1.29, 1.82) is 0 Å². The number of nitrogens with one attached hydrogen (secondary N) is 1. The molecule has 2 heteroatoms. The van der Waals surface area contributed by atoms with Gasteiger partial charge in [0.1, 0.15) is 0 Å². The third-order valence-corrected chi connectivity index (χ3v) is 4.92. The van der Waals surface area contributed by atoms with Gasteiger partial charge in [-0.2, -0.15) is 0 Å². The lowest BCUT2D eigenvalue weighted by atomic mass is 9.82. The van der Waals surface area contributed by atoms with Crippen LogP contribution < -0.4 is 5.32 Å². The van der Waals surface area contributed by atoms with E-state index < -0.39 is 0 Å². The molecule has 0 radical (unpaired) electrons. The molecule has 0 aromatic heterocycles. The molecular weight excluding hydrogens is 208 g/mol. The molecule has 100 valence electrons. The largest absolute Gasteiger partial charge is 0.313 e. The van der Waals surface area contributed by atoms with Crippen LogP contribution in [-0.4, -0.2) is 37.1 Å².